The lowest BCUT2D eigenvalue weighted by molar-refractivity contribution is -0.120. The maximum atomic E-state index is 12.8. The van der Waals surface area contributed by atoms with Crippen LogP contribution < -0.4 is 5.32 Å². The molecule has 3 heterocycles. The summed E-state index contributed by atoms with van der Waals surface area (Å²) >= 11 is 3.46. The average Bonchev–Trinajstić information content (AvgIpc) is 2.88. The molecule has 1 aromatic carbocycles. The quantitative estimate of drug-likeness (QED) is 0.729. The standard InChI is InChI=1S/C20H23BrN4O3/c1-20(2,3)28-19(27)24-9-8-15-18-14(10-17(26)22-11-16(18)24)23-25(15)13-6-4-12(21)5-7-13/h4-7,16H,8-11H2,1-3H3,(H,22,26)/t16-/m0/s1. The molecule has 7 nitrogen and oxygen atoms in total. The van der Waals surface area contributed by atoms with Crippen LogP contribution in [0.15, 0.2) is 28.7 Å². The molecule has 28 heavy (non-hydrogen) atoms. The van der Waals surface area contributed by atoms with Gasteiger partial charge in [0, 0.05) is 29.5 Å². The lowest BCUT2D eigenvalue weighted by atomic mass is 9.96. The fraction of sp³-hybridized carbons (Fsp3) is 0.450. The van der Waals surface area contributed by atoms with Gasteiger partial charge in [0.1, 0.15) is 5.60 Å². The summed E-state index contributed by atoms with van der Waals surface area (Å²) in [6, 6.07) is 7.64. The minimum Gasteiger partial charge on any atom is -0.444 e. The minimum absolute atomic E-state index is 0.0817. The lowest BCUT2D eigenvalue weighted by Crippen LogP contribution is -2.46. The summed E-state index contributed by atoms with van der Waals surface area (Å²) in [5.74, 6) is -0.0817. The number of amides is 2. The Labute approximate surface area is 172 Å². The predicted molar refractivity (Wildman–Crippen MR) is 107 cm³/mol. The molecule has 0 radical (unpaired) electrons. The number of benzene rings is 1. The molecule has 0 saturated carbocycles. The van der Waals surface area contributed by atoms with Gasteiger partial charge in [-0.15, -0.1) is 0 Å². The molecule has 0 fully saturated rings. The second kappa shape index (κ2) is 6.92. The number of carbonyl (C=O) groups excluding carboxylic acids is 2. The van der Waals surface area contributed by atoms with E-state index in [2.05, 4.69) is 21.2 Å². The maximum Gasteiger partial charge on any atom is 0.410 e. The van der Waals surface area contributed by atoms with Crippen molar-refractivity contribution < 1.29 is 14.3 Å². The highest BCUT2D eigenvalue weighted by Crippen LogP contribution is 2.36. The van der Waals surface area contributed by atoms with Crippen molar-refractivity contribution >= 4 is 27.9 Å². The summed E-state index contributed by atoms with van der Waals surface area (Å²) in [6.07, 6.45) is 0.508. The molecule has 148 valence electrons. The van der Waals surface area contributed by atoms with Crippen LogP contribution in [0.2, 0.25) is 0 Å². The van der Waals surface area contributed by atoms with E-state index in [1.54, 1.807) is 4.90 Å². The Morgan fingerprint density at radius 2 is 2.00 bits per heavy atom. The van der Waals surface area contributed by atoms with Gasteiger partial charge in [0.05, 0.1) is 29.5 Å². The summed E-state index contributed by atoms with van der Waals surface area (Å²) in [5, 5.41) is 7.66. The van der Waals surface area contributed by atoms with Crippen LogP contribution in [0.5, 0.6) is 0 Å². The third kappa shape index (κ3) is 3.53. The number of hydrogen-bond acceptors (Lipinski definition) is 4. The molecule has 0 saturated heterocycles. The first-order valence-electron chi connectivity index (χ1n) is 9.36. The predicted octanol–water partition coefficient (Wildman–Crippen LogP) is 3.14. The second-order valence-corrected chi connectivity index (χ2v) is 9.03. The van der Waals surface area contributed by atoms with Crippen molar-refractivity contribution in [3.05, 3.63) is 45.7 Å². The zero-order valence-corrected chi connectivity index (χ0v) is 17.7. The number of hydrogen-bond donors (Lipinski definition) is 1. The van der Waals surface area contributed by atoms with Crippen LogP contribution in [0, 0.1) is 0 Å². The van der Waals surface area contributed by atoms with Gasteiger partial charge in [-0.1, -0.05) is 15.9 Å². The highest BCUT2D eigenvalue weighted by molar-refractivity contribution is 9.10. The minimum atomic E-state index is -0.574. The van der Waals surface area contributed by atoms with E-state index in [4.69, 9.17) is 9.84 Å². The first-order chi connectivity index (χ1) is 13.2. The van der Waals surface area contributed by atoms with Gasteiger partial charge in [-0.2, -0.15) is 5.10 Å². The topological polar surface area (TPSA) is 76.5 Å². The third-order valence-corrected chi connectivity index (χ3v) is 5.45. The van der Waals surface area contributed by atoms with Crippen LogP contribution >= 0.6 is 15.9 Å². The van der Waals surface area contributed by atoms with Gasteiger partial charge in [0.25, 0.3) is 0 Å². The number of carbonyl (C=O) groups is 2. The third-order valence-electron chi connectivity index (χ3n) is 4.92. The molecule has 0 aliphatic carbocycles. The van der Waals surface area contributed by atoms with Crippen molar-refractivity contribution in [2.45, 2.75) is 45.3 Å². The summed E-state index contributed by atoms with van der Waals surface area (Å²) in [7, 11) is 0. The number of nitrogens with one attached hydrogen (secondary N) is 1. The normalized spacial score (nSPS) is 18.9. The summed E-state index contributed by atoms with van der Waals surface area (Å²) in [4.78, 5) is 26.7. The SMILES string of the molecule is CC(C)(C)OC(=O)N1CCc2c3c(nn2-c2ccc(Br)cc2)CC(=O)NC[C@@H]31. The zero-order valence-electron chi connectivity index (χ0n) is 16.2. The van der Waals surface area contributed by atoms with Gasteiger partial charge in [-0.3, -0.25) is 9.69 Å². The number of halogens is 1. The Kier molecular flexibility index (Phi) is 4.69. The highest BCUT2D eigenvalue weighted by Gasteiger charge is 2.40. The molecule has 1 aromatic heterocycles. The zero-order chi connectivity index (χ0) is 20.1. The van der Waals surface area contributed by atoms with Gasteiger partial charge in [0.15, 0.2) is 0 Å². The van der Waals surface area contributed by atoms with Crippen LogP contribution in [0.1, 0.15) is 43.8 Å². The maximum absolute atomic E-state index is 12.8. The number of rotatable bonds is 1. The molecule has 1 atom stereocenters. The summed E-state index contributed by atoms with van der Waals surface area (Å²) in [5.41, 5.74) is 3.12. The second-order valence-electron chi connectivity index (χ2n) is 8.12. The van der Waals surface area contributed by atoms with Gasteiger partial charge in [-0.25, -0.2) is 9.48 Å². The number of ether oxygens (including phenoxy) is 1. The van der Waals surface area contributed by atoms with Crippen molar-refractivity contribution in [2.24, 2.45) is 0 Å². The largest absolute Gasteiger partial charge is 0.444 e. The fourth-order valence-corrected chi connectivity index (χ4v) is 4.05. The van der Waals surface area contributed by atoms with Crippen molar-refractivity contribution in [1.29, 1.82) is 0 Å². The first kappa shape index (κ1) is 19.0. The van der Waals surface area contributed by atoms with Crippen LogP contribution in [-0.4, -0.2) is 45.4 Å². The molecule has 0 unspecified atom stereocenters. The number of aromatic nitrogens is 2. The van der Waals surface area contributed by atoms with E-state index in [0.29, 0.717) is 19.5 Å². The Balaban J connectivity index is 1.76. The summed E-state index contributed by atoms with van der Waals surface area (Å²) in [6.45, 7) is 6.44. The van der Waals surface area contributed by atoms with E-state index < -0.39 is 5.60 Å². The molecule has 1 N–H and O–H groups in total. The van der Waals surface area contributed by atoms with E-state index in [9.17, 15) is 9.59 Å². The molecule has 8 heteroatoms. The Morgan fingerprint density at radius 3 is 2.68 bits per heavy atom. The van der Waals surface area contributed by atoms with Crippen molar-refractivity contribution in [1.82, 2.24) is 20.0 Å². The monoisotopic (exact) mass is 446 g/mol. The Morgan fingerprint density at radius 1 is 1.29 bits per heavy atom. The molecule has 0 spiro atoms. The van der Waals surface area contributed by atoms with Crippen molar-refractivity contribution in [2.75, 3.05) is 13.1 Å². The van der Waals surface area contributed by atoms with E-state index in [1.807, 2.05) is 49.7 Å². The van der Waals surface area contributed by atoms with Crippen LogP contribution in [0.4, 0.5) is 4.79 Å². The number of nitrogens with zero attached hydrogens (tertiary/aromatic N) is 3. The molecule has 2 aromatic rings. The summed E-state index contributed by atoms with van der Waals surface area (Å²) < 4.78 is 8.51. The van der Waals surface area contributed by atoms with Crippen molar-refractivity contribution in [3.8, 4) is 5.69 Å². The highest BCUT2D eigenvalue weighted by atomic mass is 79.9. The van der Waals surface area contributed by atoms with E-state index >= 15 is 0 Å². The Hall–Kier alpha value is -2.35. The van der Waals surface area contributed by atoms with Crippen molar-refractivity contribution in [3.63, 3.8) is 0 Å². The molecular weight excluding hydrogens is 424 g/mol. The lowest BCUT2D eigenvalue weighted by Gasteiger charge is -2.36. The van der Waals surface area contributed by atoms with Gasteiger partial charge < -0.3 is 10.1 Å². The van der Waals surface area contributed by atoms with Gasteiger partial charge in [-0.05, 0) is 45.0 Å². The van der Waals surface area contributed by atoms with E-state index in [1.165, 1.54) is 0 Å². The van der Waals surface area contributed by atoms with E-state index in [0.717, 1.165) is 27.1 Å². The van der Waals surface area contributed by atoms with Crippen LogP contribution in [0.25, 0.3) is 5.69 Å². The smallest absolute Gasteiger partial charge is 0.410 e. The fourth-order valence-electron chi connectivity index (χ4n) is 3.78. The van der Waals surface area contributed by atoms with Gasteiger partial charge in [0.2, 0.25) is 5.91 Å². The Bertz CT molecular complexity index is 930. The average molecular weight is 447 g/mol. The van der Waals surface area contributed by atoms with Gasteiger partial charge >= 0.3 is 6.09 Å². The molecule has 0 bridgehead atoms. The molecule has 2 amide bonds. The molecule has 4 rings (SSSR count). The van der Waals surface area contributed by atoms with E-state index in [-0.39, 0.29) is 24.5 Å². The van der Waals surface area contributed by atoms with Crippen LogP contribution in [0.3, 0.4) is 0 Å². The van der Waals surface area contributed by atoms with Crippen LogP contribution in [-0.2, 0) is 22.4 Å². The molecular formula is C20H23BrN4O3. The molecule has 2 aliphatic heterocycles. The first-order valence-corrected chi connectivity index (χ1v) is 10.1. The molecule has 2 aliphatic rings.